The van der Waals surface area contributed by atoms with E-state index in [1.165, 1.54) is 0 Å². The molecule has 240 valence electrons. The summed E-state index contributed by atoms with van der Waals surface area (Å²) < 4.78 is 18.7. The molecular formula is C44H34O5. The predicted molar refractivity (Wildman–Crippen MR) is 199 cm³/mol. The fourth-order valence-corrected chi connectivity index (χ4v) is 6.83. The number of phenols is 2. The SMILES string of the molecule is Oc1ccc2ccccc2c1-c1c(OCCOCCOc2ccc3ccccc3c2-c2c(O)ccc3ccccc23)ccc2ccccc12. The van der Waals surface area contributed by atoms with Crippen molar-refractivity contribution in [1.82, 2.24) is 0 Å². The average Bonchev–Trinajstić information content (AvgIpc) is 3.14. The van der Waals surface area contributed by atoms with Gasteiger partial charge < -0.3 is 24.4 Å². The van der Waals surface area contributed by atoms with Gasteiger partial charge in [-0.2, -0.15) is 0 Å². The number of ether oxygens (including phenoxy) is 3. The van der Waals surface area contributed by atoms with Gasteiger partial charge in [0.1, 0.15) is 36.2 Å². The normalized spacial score (nSPS) is 11.4. The van der Waals surface area contributed by atoms with Crippen molar-refractivity contribution in [3.8, 4) is 45.3 Å². The molecule has 0 aliphatic rings. The van der Waals surface area contributed by atoms with Crippen LogP contribution in [0.3, 0.4) is 0 Å². The van der Waals surface area contributed by atoms with E-state index in [9.17, 15) is 10.2 Å². The van der Waals surface area contributed by atoms with Gasteiger partial charge in [-0.25, -0.2) is 0 Å². The number of rotatable bonds is 10. The molecule has 0 heterocycles. The Bertz CT molecular complexity index is 2290. The number of fused-ring (bicyclic) bond motifs is 4. The minimum atomic E-state index is 0.207. The van der Waals surface area contributed by atoms with Crippen LogP contribution in [0.25, 0.3) is 65.3 Å². The number of hydrogen-bond donors (Lipinski definition) is 2. The molecule has 2 N–H and O–H groups in total. The molecule has 0 aliphatic carbocycles. The molecule has 0 fully saturated rings. The summed E-state index contributed by atoms with van der Waals surface area (Å²) in [5.41, 5.74) is 3.22. The highest BCUT2D eigenvalue weighted by Crippen LogP contribution is 2.46. The Kier molecular flexibility index (Phi) is 8.18. The lowest BCUT2D eigenvalue weighted by molar-refractivity contribution is 0.0767. The third-order valence-corrected chi connectivity index (χ3v) is 9.07. The van der Waals surface area contributed by atoms with E-state index in [1.54, 1.807) is 12.1 Å². The van der Waals surface area contributed by atoms with Crippen LogP contribution in [0.5, 0.6) is 23.0 Å². The van der Waals surface area contributed by atoms with Crippen LogP contribution in [0.4, 0.5) is 0 Å². The first-order chi connectivity index (χ1) is 24.2. The molecule has 0 saturated carbocycles. The molecular weight excluding hydrogens is 608 g/mol. The molecule has 0 atom stereocenters. The minimum Gasteiger partial charge on any atom is -0.507 e. The number of aromatic hydroxyl groups is 2. The van der Waals surface area contributed by atoms with Crippen molar-refractivity contribution >= 4 is 43.1 Å². The Morgan fingerprint density at radius 1 is 0.327 bits per heavy atom. The van der Waals surface area contributed by atoms with Gasteiger partial charge in [-0.1, -0.05) is 121 Å². The second-order valence-corrected chi connectivity index (χ2v) is 12.0. The summed E-state index contributed by atoms with van der Waals surface area (Å²) in [6, 6.07) is 47.8. The molecule has 0 spiro atoms. The van der Waals surface area contributed by atoms with Crippen molar-refractivity contribution in [2.45, 2.75) is 0 Å². The Balaban J connectivity index is 0.997. The molecule has 0 amide bonds. The summed E-state index contributed by atoms with van der Waals surface area (Å²) in [5.74, 6) is 1.78. The van der Waals surface area contributed by atoms with Crippen molar-refractivity contribution in [3.05, 3.63) is 146 Å². The summed E-state index contributed by atoms with van der Waals surface area (Å²) in [5, 5.41) is 30.4. The zero-order valence-electron chi connectivity index (χ0n) is 26.8. The first-order valence-electron chi connectivity index (χ1n) is 16.5. The Labute approximate surface area is 284 Å². The maximum absolute atomic E-state index is 11.1. The third kappa shape index (κ3) is 5.75. The van der Waals surface area contributed by atoms with Gasteiger partial charge in [0.15, 0.2) is 0 Å². The van der Waals surface area contributed by atoms with Crippen LogP contribution in [-0.4, -0.2) is 36.6 Å². The molecule has 0 bridgehead atoms. The van der Waals surface area contributed by atoms with E-state index in [-0.39, 0.29) is 11.5 Å². The van der Waals surface area contributed by atoms with E-state index in [0.717, 1.165) is 65.3 Å². The predicted octanol–water partition coefficient (Wildman–Crippen LogP) is 10.5. The molecule has 8 aromatic rings. The van der Waals surface area contributed by atoms with E-state index in [0.29, 0.717) is 37.9 Å². The third-order valence-electron chi connectivity index (χ3n) is 9.07. The highest BCUT2D eigenvalue weighted by Gasteiger charge is 2.19. The van der Waals surface area contributed by atoms with Gasteiger partial charge in [0.25, 0.3) is 0 Å². The topological polar surface area (TPSA) is 68.2 Å². The van der Waals surface area contributed by atoms with Crippen molar-refractivity contribution < 1.29 is 24.4 Å². The lowest BCUT2D eigenvalue weighted by atomic mass is 9.92. The quantitative estimate of drug-likeness (QED) is 0.145. The van der Waals surface area contributed by atoms with Gasteiger partial charge in [0.05, 0.1) is 13.2 Å². The number of benzene rings is 8. The van der Waals surface area contributed by atoms with E-state index in [4.69, 9.17) is 14.2 Å². The Hall–Kier alpha value is -6.04. The van der Waals surface area contributed by atoms with E-state index >= 15 is 0 Å². The zero-order chi connectivity index (χ0) is 33.2. The van der Waals surface area contributed by atoms with Gasteiger partial charge >= 0.3 is 0 Å². The highest BCUT2D eigenvalue weighted by molar-refractivity contribution is 6.11. The molecule has 5 heteroatoms. The van der Waals surface area contributed by atoms with Crippen molar-refractivity contribution in [1.29, 1.82) is 0 Å². The summed E-state index contributed by atoms with van der Waals surface area (Å²) in [6.45, 7) is 1.35. The molecule has 0 radical (unpaired) electrons. The van der Waals surface area contributed by atoms with Crippen molar-refractivity contribution in [2.24, 2.45) is 0 Å². The van der Waals surface area contributed by atoms with Crippen LogP contribution in [0, 0.1) is 0 Å². The largest absolute Gasteiger partial charge is 0.507 e. The van der Waals surface area contributed by atoms with E-state index in [2.05, 4.69) is 24.3 Å². The first kappa shape index (κ1) is 30.3. The summed E-state index contributed by atoms with van der Waals surface area (Å²) in [4.78, 5) is 0. The molecule has 8 rings (SSSR count). The molecule has 0 aliphatic heterocycles. The molecule has 0 saturated heterocycles. The fraction of sp³-hybridized carbons (Fsp3) is 0.0909. The van der Waals surface area contributed by atoms with Gasteiger partial charge in [0, 0.05) is 22.3 Å². The maximum Gasteiger partial charge on any atom is 0.128 e. The van der Waals surface area contributed by atoms with E-state index < -0.39 is 0 Å². The van der Waals surface area contributed by atoms with Crippen LogP contribution in [0.1, 0.15) is 0 Å². The van der Waals surface area contributed by atoms with Gasteiger partial charge in [-0.3, -0.25) is 0 Å². The smallest absolute Gasteiger partial charge is 0.128 e. The van der Waals surface area contributed by atoms with Gasteiger partial charge in [-0.05, 0) is 67.4 Å². The van der Waals surface area contributed by atoms with Crippen LogP contribution in [0.2, 0.25) is 0 Å². The highest BCUT2D eigenvalue weighted by atomic mass is 16.5. The van der Waals surface area contributed by atoms with Gasteiger partial charge in [-0.15, -0.1) is 0 Å². The van der Waals surface area contributed by atoms with Crippen LogP contribution in [-0.2, 0) is 4.74 Å². The monoisotopic (exact) mass is 642 g/mol. The summed E-state index contributed by atoms with van der Waals surface area (Å²) in [7, 11) is 0. The lowest BCUT2D eigenvalue weighted by Gasteiger charge is -2.18. The van der Waals surface area contributed by atoms with Crippen LogP contribution >= 0.6 is 0 Å². The molecule has 8 aromatic carbocycles. The zero-order valence-corrected chi connectivity index (χ0v) is 26.8. The van der Waals surface area contributed by atoms with E-state index in [1.807, 2.05) is 109 Å². The number of hydrogen-bond acceptors (Lipinski definition) is 5. The second kappa shape index (κ2) is 13.2. The van der Waals surface area contributed by atoms with Crippen LogP contribution in [0.15, 0.2) is 146 Å². The van der Waals surface area contributed by atoms with Crippen molar-refractivity contribution in [3.63, 3.8) is 0 Å². The molecule has 0 aromatic heterocycles. The van der Waals surface area contributed by atoms with Crippen LogP contribution < -0.4 is 9.47 Å². The maximum atomic E-state index is 11.1. The second-order valence-electron chi connectivity index (χ2n) is 12.0. The summed E-state index contributed by atoms with van der Waals surface area (Å²) >= 11 is 0. The first-order valence-corrected chi connectivity index (χ1v) is 16.5. The lowest BCUT2D eigenvalue weighted by Crippen LogP contribution is -2.12. The Morgan fingerprint density at radius 2 is 0.653 bits per heavy atom. The molecule has 49 heavy (non-hydrogen) atoms. The minimum absolute atomic E-state index is 0.207. The Morgan fingerprint density at radius 3 is 1.04 bits per heavy atom. The fourth-order valence-electron chi connectivity index (χ4n) is 6.83. The standard InChI is InChI=1S/C44H34O5/c45-37-21-17-29-9-1-5-13-33(29)41(37)43-35-15-7-3-11-31(35)19-23-39(43)48-27-25-47-26-28-49-40-24-20-32-12-4-8-16-36(32)44(40)42-34-14-6-2-10-30(34)18-22-38(42)46/h1-24,45-46H,25-28H2. The number of phenolic OH excluding ortho intramolecular Hbond substituents is 2. The molecule has 0 unspecified atom stereocenters. The van der Waals surface area contributed by atoms with Crippen molar-refractivity contribution in [2.75, 3.05) is 26.4 Å². The summed E-state index contributed by atoms with van der Waals surface area (Å²) in [6.07, 6.45) is 0. The van der Waals surface area contributed by atoms with Gasteiger partial charge in [0.2, 0.25) is 0 Å². The average molecular weight is 643 g/mol. The molecule has 5 nitrogen and oxygen atoms in total.